The third-order valence-electron chi connectivity index (χ3n) is 3.50. The summed E-state index contributed by atoms with van der Waals surface area (Å²) in [7, 11) is -3.10. The van der Waals surface area contributed by atoms with E-state index in [0.29, 0.717) is 10.9 Å². The number of amides is 1. The number of carbonyl (C=O) groups excluding carboxylic acids is 1. The fourth-order valence-corrected chi connectivity index (χ4v) is 4.49. The van der Waals surface area contributed by atoms with Crippen molar-refractivity contribution in [1.29, 1.82) is 0 Å². The number of aromatic nitrogens is 1. The van der Waals surface area contributed by atoms with E-state index in [1.54, 1.807) is 0 Å². The van der Waals surface area contributed by atoms with Gasteiger partial charge in [0.2, 0.25) is 5.91 Å². The lowest BCUT2D eigenvalue weighted by Crippen LogP contribution is -2.34. The van der Waals surface area contributed by atoms with Crippen LogP contribution in [0.1, 0.15) is 49.2 Å². The number of thiazole rings is 1. The molecule has 1 heterocycles. The molecule has 0 aromatic carbocycles. The van der Waals surface area contributed by atoms with E-state index >= 15 is 0 Å². The SMILES string of the molecule is CCC(C)CC(C)NC(=O)Cc1sc(CS(C)(=O)=O)nc1C. The van der Waals surface area contributed by atoms with Crippen LogP contribution in [0.2, 0.25) is 0 Å². The molecule has 7 heteroatoms. The third-order valence-corrected chi connectivity index (χ3v) is 5.64. The molecule has 0 aliphatic heterocycles. The van der Waals surface area contributed by atoms with Crippen LogP contribution in [-0.4, -0.2) is 31.6 Å². The van der Waals surface area contributed by atoms with Crippen LogP contribution in [0.4, 0.5) is 0 Å². The monoisotopic (exact) mass is 346 g/mol. The number of hydrogen-bond donors (Lipinski definition) is 1. The van der Waals surface area contributed by atoms with E-state index in [9.17, 15) is 13.2 Å². The number of aryl methyl sites for hydroxylation is 1. The lowest BCUT2D eigenvalue weighted by Gasteiger charge is -2.17. The first-order valence-electron chi connectivity index (χ1n) is 7.53. The molecular formula is C15H26N2O3S2. The first kappa shape index (κ1) is 19.1. The summed E-state index contributed by atoms with van der Waals surface area (Å²) in [6.07, 6.45) is 3.51. The molecular weight excluding hydrogens is 320 g/mol. The fourth-order valence-electron chi connectivity index (χ4n) is 2.24. The summed E-state index contributed by atoms with van der Waals surface area (Å²) in [5.41, 5.74) is 0.744. The molecule has 0 spiro atoms. The van der Waals surface area contributed by atoms with Gasteiger partial charge in [-0.05, 0) is 26.2 Å². The van der Waals surface area contributed by atoms with E-state index in [4.69, 9.17) is 0 Å². The Morgan fingerprint density at radius 2 is 2.00 bits per heavy atom. The molecule has 0 saturated carbocycles. The van der Waals surface area contributed by atoms with Crippen molar-refractivity contribution in [3.63, 3.8) is 0 Å². The van der Waals surface area contributed by atoms with Gasteiger partial charge in [0.15, 0.2) is 9.84 Å². The number of nitrogens with one attached hydrogen (secondary N) is 1. The van der Waals surface area contributed by atoms with Crippen LogP contribution in [0.25, 0.3) is 0 Å². The van der Waals surface area contributed by atoms with Gasteiger partial charge in [-0.25, -0.2) is 13.4 Å². The third kappa shape index (κ3) is 6.87. The van der Waals surface area contributed by atoms with E-state index < -0.39 is 9.84 Å². The van der Waals surface area contributed by atoms with Crippen LogP contribution < -0.4 is 5.32 Å². The van der Waals surface area contributed by atoms with Crippen molar-refractivity contribution in [2.24, 2.45) is 5.92 Å². The van der Waals surface area contributed by atoms with Crippen molar-refractivity contribution >= 4 is 27.1 Å². The van der Waals surface area contributed by atoms with Crippen molar-refractivity contribution in [1.82, 2.24) is 10.3 Å². The Kier molecular flexibility index (Phi) is 6.99. The van der Waals surface area contributed by atoms with Crippen molar-refractivity contribution in [2.75, 3.05) is 6.26 Å². The predicted octanol–water partition coefficient (Wildman–Crippen LogP) is 2.48. The smallest absolute Gasteiger partial charge is 0.225 e. The minimum Gasteiger partial charge on any atom is -0.353 e. The first-order chi connectivity index (χ1) is 10.1. The second-order valence-corrected chi connectivity index (χ2v) is 9.39. The molecule has 0 saturated heterocycles. The van der Waals surface area contributed by atoms with Crippen molar-refractivity contribution in [3.8, 4) is 0 Å². The van der Waals surface area contributed by atoms with Crippen LogP contribution in [0.5, 0.6) is 0 Å². The summed E-state index contributed by atoms with van der Waals surface area (Å²) in [6, 6.07) is 0.145. The average Bonchev–Trinajstić information content (AvgIpc) is 2.66. The van der Waals surface area contributed by atoms with Crippen molar-refractivity contribution in [3.05, 3.63) is 15.6 Å². The van der Waals surface area contributed by atoms with Gasteiger partial charge in [0.05, 0.1) is 12.1 Å². The lowest BCUT2D eigenvalue weighted by atomic mass is 10.0. The number of hydrogen-bond acceptors (Lipinski definition) is 5. The molecule has 0 fully saturated rings. The molecule has 0 bridgehead atoms. The van der Waals surface area contributed by atoms with Gasteiger partial charge in [0.1, 0.15) is 10.8 Å². The molecule has 1 N–H and O–H groups in total. The van der Waals surface area contributed by atoms with E-state index in [1.165, 1.54) is 17.6 Å². The molecule has 0 aliphatic carbocycles. The van der Waals surface area contributed by atoms with Gasteiger partial charge >= 0.3 is 0 Å². The second-order valence-electron chi connectivity index (χ2n) is 6.08. The maximum absolute atomic E-state index is 12.1. The summed E-state index contributed by atoms with van der Waals surface area (Å²) < 4.78 is 22.6. The Hall–Kier alpha value is -0.950. The maximum Gasteiger partial charge on any atom is 0.225 e. The zero-order valence-corrected chi connectivity index (χ0v) is 15.6. The maximum atomic E-state index is 12.1. The van der Waals surface area contributed by atoms with E-state index in [0.717, 1.165) is 23.4 Å². The van der Waals surface area contributed by atoms with E-state index in [2.05, 4.69) is 24.1 Å². The highest BCUT2D eigenvalue weighted by atomic mass is 32.2. The Morgan fingerprint density at radius 3 is 2.55 bits per heavy atom. The normalized spacial score (nSPS) is 14.6. The van der Waals surface area contributed by atoms with Gasteiger partial charge in [-0.1, -0.05) is 20.3 Å². The molecule has 2 unspecified atom stereocenters. The predicted molar refractivity (Wildman–Crippen MR) is 90.8 cm³/mol. The van der Waals surface area contributed by atoms with Crippen molar-refractivity contribution in [2.45, 2.75) is 58.8 Å². The number of rotatable bonds is 8. The molecule has 1 aromatic heterocycles. The molecule has 1 rings (SSSR count). The summed E-state index contributed by atoms with van der Waals surface area (Å²) in [5, 5.41) is 3.55. The zero-order chi connectivity index (χ0) is 16.9. The van der Waals surface area contributed by atoms with Gasteiger partial charge in [0.25, 0.3) is 0 Å². The molecule has 2 atom stereocenters. The molecule has 126 valence electrons. The molecule has 1 aromatic rings. The number of sulfone groups is 1. The van der Waals surface area contributed by atoms with Crippen LogP contribution in [0, 0.1) is 12.8 Å². The highest BCUT2D eigenvalue weighted by Gasteiger charge is 2.16. The topological polar surface area (TPSA) is 76.1 Å². The zero-order valence-electron chi connectivity index (χ0n) is 14.0. The Balaban J connectivity index is 2.61. The van der Waals surface area contributed by atoms with E-state index in [1.807, 2.05) is 13.8 Å². The highest BCUT2D eigenvalue weighted by molar-refractivity contribution is 7.90. The molecule has 0 aliphatic rings. The van der Waals surface area contributed by atoms with Gasteiger partial charge in [-0.3, -0.25) is 4.79 Å². The van der Waals surface area contributed by atoms with E-state index in [-0.39, 0.29) is 24.1 Å². The number of carbonyl (C=O) groups is 1. The molecule has 5 nitrogen and oxygen atoms in total. The fraction of sp³-hybridized carbons (Fsp3) is 0.733. The second kappa shape index (κ2) is 8.06. The summed E-state index contributed by atoms with van der Waals surface area (Å²) in [5.74, 6) is 0.486. The van der Waals surface area contributed by atoms with Gasteiger partial charge < -0.3 is 5.32 Å². The first-order valence-corrected chi connectivity index (χ1v) is 10.4. The quantitative estimate of drug-likeness (QED) is 0.784. The minimum absolute atomic E-state index is 0.0338. The average molecular weight is 347 g/mol. The Morgan fingerprint density at radius 1 is 1.36 bits per heavy atom. The van der Waals surface area contributed by atoms with Gasteiger partial charge in [0, 0.05) is 17.2 Å². The van der Waals surface area contributed by atoms with Crippen LogP contribution in [-0.2, 0) is 26.8 Å². The lowest BCUT2D eigenvalue weighted by molar-refractivity contribution is -0.121. The minimum atomic E-state index is -3.10. The summed E-state index contributed by atoms with van der Waals surface area (Å²) >= 11 is 1.31. The van der Waals surface area contributed by atoms with Crippen molar-refractivity contribution < 1.29 is 13.2 Å². The summed E-state index contributed by atoms with van der Waals surface area (Å²) in [6.45, 7) is 8.14. The summed E-state index contributed by atoms with van der Waals surface area (Å²) in [4.78, 5) is 17.2. The molecule has 22 heavy (non-hydrogen) atoms. The molecule has 0 radical (unpaired) electrons. The van der Waals surface area contributed by atoms with Crippen LogP contribution >= 0.6 is 11.3 Å². The molecule has 1 amide bonds. The Labute approximate surface area is 137 Å². The number of nitrogens with zero attached hydrogens (tertiary/aromatic N) is 1. The standard InChI is InChI=1S/C15H26N2O3S2/c1-6-10(2)7-11(3)16-14(18)8-13-12(4)17-15(21-13)9-22(5,19)20/h10-11H,6-9H2,1-5H3,(H,16,18). The Bertz CT molecular complexity index is 608. The van der Waals surface area contributed by atoms with Crippen LogP contribution in [0.15, 0.2) is 0 Å². The van der Waals surface area contributed by atoms with Gasteiger partial charge in [-0.15, -0.1) is 11.3 Å². The van der Waals surface area contributed by atoms with Crippen LogP contribution in [0.3, 0.4) is 0 Å². The largest absolute Gasteiger partial charge is 0.353 e. The van der Waals surface area contributed by atoms with Gasteiger partial charge in [-0.2, -0.15) is 0 Å². The highest BCUT2D eigenvalue weighted by Crippen LogP contribution is 2.20.